The van der Waals surface area contributed by atoms with Crippen molar-refractivity contribution in [3.8, 4) is 0 Å². The molecule has 2 aliphatic rings. The van der Waals surface area contributed by atoms with Crippen LogP contribution in [0.3, 0.4) is 0 Å². The number of quaternary nitrogens is 2. The zero-order valence-corrected chi connectivity index (χ0v) is 16.7. The van der Waals surface area contributed by atoms with E-state index < -0.39 is 0 Å². The molecule has 0 aliphatic carbocycles. The molecule has 2 aliphatic heterocycles. The van der Waals surface area contributed by atoms with Crippen LogP contribution in [0.1, 0.15) is 18.4 Å². The van der Waals surface area contributed by atoms with Gasteiger partial charge in [-0.3, -0.25) is 0 Å². The number of rotatable bonds is 4. The monoisotopic (exact) mass is 376 g/mol. The molecular formula is C24H32N4+2. The van der Waals surface area contributed by atoms with Gasteiger partial charge < -0.3 is 19.7 Å². The van der Waals surface area contributed by atoms with Gasteiger partial charge in [-0.15, -0.1) is 0 Å². The largest absolute Gasteiger partial charge is 0.361 e. The van der Waals surface area contributed by atoms with E-state index in [2.05, 4.69) is 70.7 Å². The third-order valence-electron chi connectivity index (χ3n) is 6.91. The molecule has 28 heavy (non-hydrogen) atoms. The first-order chi connectivity index (χ1) is 13.9. The van der Waals surface area contributed by atoms with Gasteiger partial charge in [0.15, 0.2) is 0 Å². The second-order valence-electron chi connectivity index (χ2n) is 8.54. The van der Waals surface area contributed by atoms with E-state index in [4.69, 9.17) is 0 Å². The second kappa shape index (κ2) is 7.98. The van der Waals surface area contributed by atoms with Gasteiger partial charge in [-0.25, -0.2) is 0 Å². The van der Waals surface area contributed by atoms with Gasteiger partial charge in [0.25, 0.3) is 0 Å². The molecule has 3 N–H and O–H groups in total. The van der Waals surface area contributed by atoms with Crippen LogP contribution < -0.4 is 14.7 Å². The fraction of sp³-hybridized carbons (Fsp3) is 0.417. The molecule has 2 fully saturated rings. The Morgan fingerprint density at radius 2 is 1.57 bits per heavy atom. The summed E-state index contributed by atoms with van der Waals surface area (Å²) < 4.78 is 0. The second-order valence-corrected chi connectivity index (χ2v) is 8.54. The van der Waals surface area contributed by atoms with E-state index >= 15 is 0 Å². The van der Waals surface area contributed by atoms with Crippen molar-refractivity contribution in [1.82, 2.24) is 4.98 Å². The molecule has 3 aromatic rings. The van der Waals surface area contributed by atoms with Crippen LogP contribution in [0.4, 0.5) is 5.69 Å². The molecule has 2 saturated heterocycles. The van der Waals surface area contributed by atoms with Crippen LogP contribution >= 0.6 is 0 Å². The van der Waals surface area contributed by atoms with E-state index in [9.17, 15) is 0 Å². The molecule has 4 heteroatoms. The third-order valence-corrected chi connectivity index (χ3v) is 6.91. The summed E-state index contributed by atoms with van der Waals surface area (Å²) in [5, 5.41) is 1.40. The number of anilines is 1. The molecular weight excluding hydrogens is 344 g/mol. The molecule has 0 bridgehead atoms. The smallest absolute Gasteiger partial charge is 0.105 e. The molecule has 5 rings (SSSR count). The summed E-state index contributed by atoms with van der Waals surface area (Å²) in [6.45, 7) is 8.76. The minimum Gasteiger partial charge on any atom is -0.361 e. The molecule has 3 heterocycles. The van der Waals surface area contributed by atoms with Gasteiger partial charge in [-0.1, -0.05) is 36.4 Å². The van der Waals surface area contributed by atoms with E-state index in [0.717, 1.165) is 12.6 Å². The first kappa shape index (κ1) is 17.8. The third kappa shape index (κ3) is 3.67. The van der Waals surface area contributed by atoms with Gasteiger partial charge in [0.2, 0.25) is 0 Å². The van der Waals surface area contributed by atoms with E-state index in [-0.39, 0.29) is 0 Å². The van der Waals surface area contributed by atoms with Gasteiger partial charge in [-0.05, 0) is 18.2 Å². The summed E-state index contributed by atoms with van der Waals surface area (Å²) in [5.41, 5.74) is 4.14. The van der Waals surface area contributed by atoms with Gasteiger partial charge in [0, 0.05) is 41.2 Å². The highest BCUT2D eigenvalue weighted by molar-refractivity contribution is 5.82. The molecule has 0 radical (unpaired) electrons. The average Bonchev–Trinajstić information content (AvgIpc) is 3.18. The highest BCUT2D eigenvalue weighted by atomic mass is 15.3. The lowest BCUT2D eigenvalue weighted by atomic mass is 10.0. The summed E-state index contributed by atoms with van der Waals surface area (Å²) in [5.74, 6) is 0. The summed E-state index contributed by atoms with van der Waals surface area (Å²) >= 11 is 0. The summed E-state index contributed by atoms with van der Waals surface area (Å²) in [4.78, 5) is 9.59. The number of nitrogens with one attached hydrogen (secondary N) is 3. The van der Waals surface area contributed by atoms with Crippen molar-refractivity contribution >= 4 is 16.6 Å². The molecule has 0 saturated carbocycles. The van der Waals surface area contributed by atoms with Crippen molar-refractivity contribution in [2.24, 2.45) is 0 Å². The highest BCUT2D eigenvalue weighted by Crippen LogP contribution is 2.17. The maximum absolute atomic E-state index is 3.43. The normalized spacial score (nSPS) is 23.9. The fourth-order valence-corrected chi connectivity index (χ4v) is 5.26. The van der Waals surface area contributed by atoms with Crippen LogP contribution in [0.15, 0.2) is 60.8 Å². The van der Waals surface area contributed by atoms with E-state index in [1.54, 1.807) is 4.90 Å². The van der Waals surface area contributed by atoms with Gasteiger partial charge in [0.05, 0.1) is 45.3 Å². The molecule has 0 spiro atoms. The number of para-hydroxylation sites is 2. The zero-order valence-electron chi connectivity index (χ0n) is 16.7. The Kier molecular flexibility index (Phi) is 5.06. The number of nitrogens with zero attached hydrogens (tertiary/aromatic N) is 1. The maximum atomic E-state index is 3.43. The van der Waals surface area contributed by atoms with E-state index in [0.29, 0.717) is 0 Å². The maximum Gasteiger partial charge on any atom is 0.105 e. The van der Waals surface area contributed by atoms with Gasteiger partial charge >= 0.3 is 0 Å². The van der Waals surface area contributed by atoms with Crippen molar-refractivity contribution in [3.63, 3.8) is 0 Å². The number of benzene rings is 2. The molecule has 2 aromatic carbocycles. The van der Waals surface area contributed by atoms with Crippen LogP contribution in [-0.2, 0) is 6.54 Å². The Labute approximate surface area is 167 Å². The Bertz CT molecular complexity index is 887. The SMILES string of the molecule is c1ccc(N2CC[NH+](C3CC[NH+](Cc4c[nH]c5ccccc45)CC3)CC2)cc1. The van der Waals surface area contributed by atoms with Crippen LogP contribution in [0.2, 0.25) is 0 Å². The number of fused-ring (bicyclic) bond motifs is 1. The number of aromatic nitrogens is 1. The number of H-pyrrole nitrogens is 1. The van der Waals surface area contributed by atoms with E-state index in [1.807, 2.05) is 4.90 Å². The van der Waals surface area contributed by atoms with Crippen molar-refractivity contribution in [1.29, 1.82) is 0 Å². The molecule has 1 aromatic heterocycles. The van der Waals surface area contributed by atoms with Crippen molar-refractivity contribution in [2.75, 3.05) is 44.2 Å². The standard InChI is InChI=1S/C24H30N4/c1-2-6-21(7-3-1)27-14-16-28(17-15-27)22-10-12-26(13-11-22)19-20-18-25-24-9-5-4-8-23(20)24/h1-9,18,22,25H,10-17,19H2/p+2. The molecule has 0 amide bonds. The lowest BCUT2D eigenvalue weighted by Gasteiger charge is -2.39. The van der Waals surface area contributed by atoms with E-state index in [1.165, 1.54) is 74.3 Å². The number of aromatic amines is 1. The first-order valence-corrected chi connectivity index (χ1v) is 10.9. The molecule has 0 unspecified atom stereocenters. The van der Waals surface area contributed by atoms with Gasteiger partial charge in [-0.2, -0.15) is 0 Å². The van der Waals surface area contributed by atoms with Crippen molar-refractivity contribution < 1.29 is 9.80 Å². The number of likely N-dealkylation sites (tertiary alicyclic amines) is 1. The van der Waals surface area contributed by atoms with Crippen LogP contribution in [0, 0.1) is 0 Å². The summed E-state index contributed by atoms with van der Waals surface area (Å²) in [6, 6.07) is 20.5. The number of hydrogen-bond donors (Lipinski definition) is 3. The summed E-state index contributed by atoms with van der Waals surface area (Å²) in [6.07, 6.45) is 4.97. The Hall–Kier alpha value is -2.30. The first-order valence-electron chi connectivity index (χ1n) is 10.9. The van der Waals surface area contributed by atoms with Gasteiger partial charge in [0.1, 0.15) is 6.54 Å². The van der Waals surface area contributed by atoms with Crippen LogP contribution in [-0.4, -0.2) is 50.3 Å². The zero-order chi connectivity index (χ0) is 18.8. The lowest BCUT2D eigenvalue weighted by molar-refractivity contribution is -0.963. The number of hydrogen-bond acceptors (Lipinski definition) is 1. The molecule has 4 nitrogen and oxygen atoms in total. The predicted octanol–water partition coefficient (Wildman–Crippen LogP) is 1.12. The van der Waals surface area contributed by atoms with Crippen LogP contribution in [0.5, 0.6) is 0 Å². The highest BCUT2D eigenvalue weighted by Gasteiger charge is 2.32. The topological polar surface area (TPSA) is 27.9 Å². The van der Waals surface area contributed by atoms with Crippen molar-refractivity contribution in [3.05, 3.63) is 66.4 Å². The number of piperazine rings is 1. The number of piperidine rings is 1. The Balaban J connectivity index is 1.13. The minimum absolute atomic E-state index is 0.865. The minimum atomic E-state index is 0.865. The lowest BCUT2D eigenvalue weighted by Crippen LogP contribution is -3.21. The quantitative estimate of drug-likeness (QED) is 0.626. The predicted molar refractivity (Wildman–Crippen MR) is 115 cm³/mol. The molecule has 0 atom stereocenters. The Morgan fingerprint density at radius 1 is 0.857 bits per heavy atom. The Morgan fingerprint density at radius 3 is 2.36 bits per heavy atom. The fourth-order valence-electron chi connectivity index (χ4n) is 5.26. The van der Waals surface area contributed by atoms with Crippen molar-refractivity contribution in [2.45, 2.75) is 25.4 Å². The molecule has 146 valence electrons. The summed E-state index contributed by atoms with van der Waals surface area (Å²) in [7, 11) is 0. The van der Waals surface area contributed by atoms with Crippen LogP contribution in [0.25, 0.3) is 10.9 Å². The average molecular weight is 377 g/mol.